The molecule has 1 aliphatic rings. The van der Waals surface area contributed by atoms with E-state index in [1.807, 2.05) is 19.1 Å². The van der Waals surface area contributed by atoms with Crippen molar-refractivity contribution in [2.24, 2.45) is 0 Å². The quantitative estimate of drug-likeness (QED) is 0.792. The normalized spacial score (nSPS) is 22.2. The Morgan fingerprint density at radius 3 is 3.08 bits per heavy atom. The van der Waals surface area contributed by atoms with Gasteiger partial charge in [-0.3, -0.25) is 0 Å². The summed E-state index contributed by atoms with van der Waals surface area (Å²) >= 11 is 3.43. The van der Waals surface area contributed by atoms with E-state index >= 15 is 0 Å². The third-order valence-corrected chi connectivity index (χ3v) is 3.00. The molecule has 0 saturated heterocycles. The highest BCUT2D eigenvalue weighted by molar-refractivity contribution is 9.10. The predicted octanol–water partition coefficient (Wildman–Crippen LogP) is 2.34. The monoisotopic (exact) mass is 241 g/mol. The molecule has 1 aliphatic heterocycles. The second kappa shape index (κ2) is 3.31. The zero-order valence-electron chi connectivity index (χ0n) is 7.42. The molecule has 2 unspecified atom stereocenters. The van der Waals surface area contributed by atoms with Crippen LogP contribution in [0, 0.1) is 0 Å². The van der Waals surface area contributed by atoms with Gasteiger partial charge in [0.25, 0.3) is 0 Å². The molecular weight excluding hydrogens is 230 g/mol. The van der Waals surface area contributed by atoms with E-state index in [4.69, 9.17) is 0 Å². The lowest BCUT2D eigenvalue weighted by Crippen LogP contribution is -2.16. The first-order chi connectivity index (χ1) is 6.18. The summed E-state index contributed by atoms with van der Waals surface area (Å²) in [7, 11) is 0. The SMILES string of the molecule is CC(O)C1CNc2ccc(Br)cc21. The molecule has 3 heteroatoms. The first-order valence-corrected chi connectivity index (χ1v) is 5.19. The maximum absolute atomic E-state index is 9.53. The molecule has 13 heavy (non-hydrogen) atoms. The molecule has 2 nitrogen and oxygen atoms in total. The molecule has 1 heterocycles. The van der Waals surface area contributed by atoms with Crippen molar-refractivity contribution >= 4 is 21.6 Å². The fourth-order valence-electron chi connectivity index (χ4n) is 1.76. The van der Waals surface area contributed by atoms with E-state index in [1.165, 1.54) is 5.56 Å². The zero-order chi connectivity index (χ0) is 9.42. The summed E-state index contributed by atoms with van der Waals surface area (Å²) in [5.74, 6) is 0.229. The molecule has 0 fully saturated rings. The number of halogens is 1. The summed E-state index contributed by atoms with van der Waals surface area (Å²) in [4.78, 5) is 0. The fraction of sp³-hybridized carbons (Fsp3) is 0.400. The number of benzene rings is 1. The number of aliphatic hydroxyl groups is 1. The molecule has 0 saturated carbocycles. The zero-order valence-corrected chi connectivity index (χ0v) is 9.01. The lowest BCUT2D eigenvalue weighted by molar-refractivity contribution is 0.169. The average molecular weight is 242 g/mol. The Bertz CT molecular complexity index is 325. The van der Waals surface area contributed by atoms with Crippen molar-refractivity contribution in [3.63, 3.8) is 0 Å². The van der Waals surface area contributed by atoms with Crippen LogP contribution in [0.2, 0.25) is 0 Å². The van der Waals surface area contributed by atoms with Gasteiger partial charge in [-0.15, -0.1) is 0 Å². The Morgan fingerprint density at radius 2 is 2.38 bits per heavy atom. The molecule has 0 aromatic heterocycles. The third kappa shape index (κ3) is 1.58. The highest BCUT2D eigenvalue weighted by atomic mass is 79.9. The maximum Gasteiger partial charge on any atom is 0.0598 e. The van der Waals surface area contributed by atoms with Crippen molar-refractivity contribution < 1.29 is 5.11 Å². The molecular formula is C10H12BrNO. The van der Waals surface area contributed by atoms with Gasteiger partial charge in [0.1, 0.15) is 0 Å². The summed E-state index contributed by atoms with van der Waals surface area (Å²) in [5, 5.41) is 12.8. The molecule has 0 amide bonds. The fourth-order valence-corrected chi connectivity index (χ4v) is 2.14. The number of nitrogens with one attached hydrogen (secondary N) is 1. The van der Waals surface area contributed by atoms with E-state index < -0.39 is 0 Å². The van der Waals surface area contributed by atoms with Gasteiger partial charge in [0.2, 0.25) is 0 Å². The molecule has 0 spiro atoms. The van der Waals surface area contributed by atoms with Crippen LogP contribution in [0.25, 0.3) is 0 Å². The van der Waals surface area contributed by atoms with Crippen LogP contribution < -0.4 is 5.32 Å². The summed E-state index contributed by atoms with van der Waals surface area (Å²) in [6, 6.07) is 6.13. The minimum atomic E-state index is -0.289. The van der Waals surface area contributed by atoms with Crippen LogP contribution >= 0.6 is 15.9 Å². The Kier molecular flexibility index (Phi) is 2.30. The molecule has 2 rings (SSSR count). The van der Waals surface area contributed by atoms with Gasteiger partial charge in [0.05, 0.1) is 6.10 Å². The van der Waals surface area contributed by atoms with Gasteiger partial charge in [-0.05, 0) is 30.7 Å². The lowest BCUT2D eigenvalue weighted by atomic mass is 9.97. The molecule has 0 aliphatic carbocycles. The van der Waals surface area contributed by atoms with Gasteiger partial charge in [0.15, 0.2) is 0 Å². The van der Waals surface area contributed by atoms with Crippen LogP contribution in [0.15, 0.2) is 22.7 Å². The highest BCUT2D eigenvalue weighted by Crippen LogP contribution is 2.35. The van der Waals surface area contributed by atoms with Crippen LogP contribution in [-0.4, -0.2) is 17.8 Å². The summed E-state index contributed by atoms with van der Waals surface area (Å²) in [6.45, 7) is 2.67. The topological polar surface area (TPSA) is 32.3 Å². The van der Waals surface area contributed by atoms with E-state index in [0.717, 1.165) is 16.7 Å². The van der Waals surface area contributed by atoms with E-state index in [1.54, 1.807) is 0 Å². The maximum atomic E-state index is 9.53. The van der Waals surface area contributed by atoms with Crippen molar-refractivity contribution in [2.75, 3.05) is 11.9 Å². The Hall–Kier alpha value is -0.540. The number of hydrogen-bond acceptors (Lipinski definition) is 2. The van der Waals surface area contributed by atoms with Crippen molar-refractivity contribution in [2.45, 2.75) is 18.9 Å². The second-order valence-electron chi connectivity index (χ2n) is 3.46. The standard InChI is InChI=1S/C10H12BrNO/c1-6(13)9-5-12-10-3-2-7(11)4-8(9)10/h2-4,6,9,12-13H,5H2,1H3. The van der Waals surface area contributed by atoms with Gasteiger partial charge in [0, 0.05) is 22.6 Å². The molecule has 1 aromatic carbocycles. The summed E-state index contributed by atoms with van der Waals surface area (Å²) < 4.78 is 1.07. The van der Waals surface area contributed by atoms with Crippen molar-refractivity contribution in [1.82, 2.24) is 0 Å². The number of rotatable bonds is 1. The largest absolute Gasteiger partial charge is 0.393 e. The summed E-state index contributed by atoms with van der Waals surface area (Å²) in [6.07, 6.45) is -0.289. The van der Waals surface area contributed by atoms with Gasteiger partial charge in [-0.1, -0.05) is 15.9 Å². The first-order valence-electron chi connectivity index (χ1n) is 4.40. The van der Waals surface area contributed by atoms with E-state index in [-0.39, 0.29) is 12.0 Å². The van der Waals surface area contributed by atoms with Crippen LogP contribution in [-0.2, 0) is 0 Å². The lowest BCUT2D eigenvalue weighted by Gasteiger charge is -2.12. The first kappa shape index (κ1) is 9.03. The number of aliphatic hydroxyl groups excluding tert-OH is 1. The van der Waals surface area contributed by atoms with Crippen LogP contribution in [0.3, 0.4) is 0 Å². The Balaban J connectivity index is 2.40. The molecule has 2 N–H and O–H groups in total. The molecule has 2 atom stereocenters. The molecule has 0 radical (unpaired) electrons. The summed E-state index contributed by atoms with van der Waals surface area (Å²) in [5.41, 5.74) is 2.36. The predicted molar refractivity (Wildman–Crippen MR) is 57.1 cm³/mol. The van der Waals surface area contributed by atoms with Crippen LogP contribution in [0.1, 0.15) is 18.4 Å². The highest BCUT2D eigenvalue weighted by Gasteiger charge is 2.25. The van der Waals surface area contributed by atoms with Crippen molar-refractivity contribution in [3.05, 3.63) is 28.2 Å². The average Bonchev–Trinajstić information content (AvgIpc) is 2.46. The molecule has 0 bridgehead atoms. The number of fused-ring (bicyclic) bond motifs is 1. The van der Waals surface area contributed by atoms with Gasteiger partial charge < -0.3 is 10.4 Å². The van der Waals surface area contributed by atoms with Gasteiger partial charge in [-0.2, -0.15) is 0 Å². The smallest absolute Gasteiger partial charge is 0.0598 e. The molecule has 1 aromatic rings. The van der Waals surface area contributed by atoms with Gasteiger partial charge >= 0.3 is 0 Å². The second-order valence-corrected chi connectivity index (χ2v) is 4.38. The Labute approximate surface area is 86.1 Å². The van der Waals surface area contributed by atoms with Crippen LogP contribution in [0.5, 0.6) is 0 Å². The molecule has 70 valence electrons. The van der Waals surface area contributed by atoms with E-state index in [9.17, 15) is 5.11 Å². The van der Waals surface area contributed by atoms with Gasteiger partial charge in [-0.25, -0.2) is 0 Å². The van der Waals surface area contributed by atoms with E-state index in [0.29, 0.717) is 0 Å². The minimum Gasteiger partial charge on any atom is -0.393 e. The van der Waals surface area contributed by atoms with Crippen molar-refractivity contribution in [3.8, 4) is 0 Å². The van der Waals surface area contributed by atoms with Crippen molar-refractivity contribution in [1.29, 1.82) is 0 Å². The third-order valence-electron chi connectivity index (χ3n) is 2.51. The number of hydrogen-bond donors (Lipinski definition) is 2. The van der Waals surface area contributed by atoms with E-state index in [2.05, 4.69) is 27.3 Å². The number of anilines is 1. The van der Waals surface area contributed by atoms with Crippen LogP contribution in [0.4, 0.5) is 5.69 Å². The Morgan fingerprint density at radius 1 is 1.62 bits per heavy atom. The minimum absolute atomic E-state index is 0.229.